The molecule has 0 amide bonds. The summed E-state index contributed by atoms with van der Waals surface area (Å²) in [4.78, 5) is 11.5. The summed E-state index contributed by atoms with van der Waals surface area (Å²) in [6.45, 7) is 0. The fourth-order valence-corrected chi connectivity index (χ4v) is 7.91. The van der Waals surface area contributed by atoms with E-state index in [1.54, 1.807) is 11.3 Å². The molecule has 0 saturated heterocycles. The molecule has 0 aliphatic heterocycles. The summed E-state index contributed by atoms with van der Waals surface area (Å²) in [7, 11) is 0. The molecule has 0 radical (unpaired) electrons. The Kier molecular flexibility index (Phi) is 4.57. The lowest BCUT2D eigenvalue weighted by atomic mass is 10.2. The zero-order chi connectivity index (χ0) is 28.1. The fourth-order valence-electron chi connectivity index (χ4n) is 6.89. The zero-order valence-corrected chi connectivity index (χ0v) is 23.7. The van der Waals surface area contributed by atoms with Crippen LogP contribution in [0.25, 0.3) is 86.5 Å². The van der Waals surface area contributed by atoms with Crippen molar-refractivity contribution in [2.45, 2.75) is 0 Å². The van der Waals surface area contributed by atoms with Gasteiger partial charge in [-0.15, -0.1) is 11.3 Å². The summed E-state index contributed by atoms with van der Waals surface area (Å²) < 4.78 is 6.01. The minimum absolute atomic E-state index is 0.887. The number of hydrogen-bond donors (Lipinski definition) is 0. The van der Waals surface area contributed by atoms with Gasteiger partial charge in [-0.3, -0.25) is 0 Å². The summed E-state index contributed by atoms with van der Waals surface area (Å²) in [5.41, 5.74) is 9.56. The average Bonchev–Trinajstić information content (AvgIpc) is 3.70. The Hall–Kier alpha value is -5.52. The van der Waals surface area contributed by atoms with Gasteiger partial charge in [0.15, 0.2) is 0 Å². The molecule has 200 valence electrons. The molecule has 5 heteroatoms. The van der Waals surface area contributed by atoms with Crippen LogP contribution in [0, 0.1) is 0 Å². The van der Waals surface area contributed by atoms with Crippen molar-refractivity contribution in [3.05, 3.63) is 133 Å². The van der Waals surface area contributed by atoms with Crippen LogP contribution in [0.3, 0.4) is 0 Å². The van der Waals surface area contributed by atoms with E-state index in [9.17, 15) is 0 Å². The molecule has 4 heterocycles. The number of rotatable bonds is 2. The van der Waals surface area contributed by atoms with Gasteiger partial charge in [0.25, 0.3) is 0 Å². The first-order valence-electron chi connectivity index (χ1n) is 14.4. The van der Waals surface area contributed by atoms with Crippen molar-refractivity contribution < 1.29 is 0 Å². The normalized spacial score (nSPS) is 12.2. The van der Waals surface area contributed by atoms with E-state index < -0.39 is 0 Å². The largest absolute Gasteiger partial charge is 0.307 e. The number of para-hydroxylation sites is 4. The molecule has 0 saturated carbocycles. The van der Waals surface area contributed by atoms with Gasteiger partial charge < -0.3 is 9.13 Å². The lowest BCUT2D eigenvalue weighted by Crippen LogP contribution is -2.04. The van der Waals surface area contributed by atoms with Crippen LogP contribution in [-0.2, 0) is 0 Å². The van der Waals surface area contributed by atoms with Crippen molar-refractivity contribution in [1.82, 2.24) is 19.1 Å². The first-order valence-corrected chi connectivity index (χ1v) is 15.3. The van der Waals surface area contributed by atoms with Gasteiger partial charge in [0, 0.05) is 31.6 Å². The molecule has 0 aliphatic carbocycles. The Morgan fingerprint density at radius 1 is 0.419 bits per heavy atom. The lowest BCUT2D eigenvalue weighted by Gasteiger charge is -2.17. The van der Waals surface area contributed by atoms with Crippen LogP contribution in [0.2, 0.25) is 0 Å². The third-order valence-corrected chi connectivity index (χ3v) is 9.77. The second-order valence-corrected chi connectivity index (χ2v) is 12.1. The molecule has 10 rings (SSSR count). The first kappa shape index (κ1) is 23.1. The maximum atomic E-state index is 5.27. The first-order chi connectivity index (χ1) is 21.3. The van der Waals surface area contributed by atoms with Crippen molar-refractivity contribution in [1.29, 1.82) is 0 Å². The maximum Gasteiger partial charge on any atom is 0.143 e. The molecule has 0 fully saturated rings. The van der Waals surface area contributed by atoms with Crippen LogP contribution in [0.5, 0.6) is 0 Å². The van der Waals surface area contributed by atoms with E-state index in [0.717, 1.165) is 38.1 Å². The highest BCUT2D eigenvalue weighted by atomic mass is 32.1. The van der Waals surface area contributed by atoms with Crippen LogP contribution < -0.4 is 0 Å². The minimum Gasteiger partial charge on any atom is -0.307 e. The second kappa shape index (κ2) is 8.51. The Labute approximate surface area is 249 Å². The third-order valence-electron chi connectivity index (χ3n) is 8.72. The molecule has 43 heavy (non-hydrogen) atoms. The molecule has 10 aromatic rings. The van der Waals surface area contributed by atoms with Crippen molar-refractivity contribution in [3.63, 3.8) is 0 Å². The Morgan fingerprint density at radius 2 is 0.814 bits per heavy atom. The van der Waals surface area contributed by atoms with Gasteiger partial charge in [-0.2, -0.15) is 0 Å². The Bertz CT molecular complexity index is 2640. The van der Waals surface area contributed by atoms with Gasteiger partial charge >= 0.3 is 0 Å². The molecule has 0 spiro atoms. The molecule has 4 nitrogen and oxygen atoms in total. The van der Waals surface area contributed by atoms with Gasteiger partial charge in [0.05, 0.1) is 44.5 Å². The standard InChI is InChI=1S/C38H22N4S/c1-6-16-30-23(11-1)24-12-2-7-17-31(24)41(30)34-21-28-29(40-38-37(39-28)27-15-5-10-20-36(27)43-38)22-35(34)42-32-18-8-3-13-25(32)26-14-4-9-19-33(26)42/h1-22H. The van der Waals surface area contributed by atoms with E-state index in [2.05, 4.69) is 143 Å². The zero-order valence-electron chi connectivity index (χ0n) is 22.9. The average molecular weight is 567 g/mol. The van der Waals surface area contributed by atoms with Gasteiger partial charge in [0.2, 0.25) is 0 Å². The van der Waals surface area contributed by atoms with Crippen LogP contribution in [0.15, 0.2) is 133 Å². The summed E-state index contributed by atoms with van der Waals surface area (Å²) in [5, 5.41) is 6.09. The highest BCUT2D eigenvalue weighted by molar-refractivity contribution is 7.25. The summed E-state index contributed by atoms with van der Waals surface area (Å²) in [5.74, 6) is 0. The van der Waals surface area contributed by atoms with Gasteiger partial charge in [-0.1, -0.05) is 91.0 Å². The van der Waals surface area contributed by atoms with Gasteiger partial charge in [-0.05, 0) is 42.5 Å². The number of benzene rings is 6. The molecule has 0 atom stereocenters. The number of hydrogen-bond acceptors (Lipinski definition) is 3. The Balaban J connectivity index is 1.42. The fraction of sp³-hybridized carbons (Fsp3) is 0. The monoisotopic (exact) mass is 566 g/mol. The number of aromatic nitrogens is 4. The number of fused-ring (bicyclic) bond motifs is 10. The summed E-state index contributed by atoms with van der Waals surface area (Å²) >= 11 is 1.71. The van der Waals surface area contributed by atoms with Crippen LogP contribution in [0.4, 0.5) is 0 Å². The summed E-state index contributed by atoms with van der Waals surface area (Å²) in [6, 6.07) is 47.7. The van der Waals surface area contributed by atoms with Gasteiger partial charge in [-0.25, -0.2) is 9.97 Å². The lowest BCUT2D eigenvalue weighted by molar-refractivity contribution is 1.10. The molecule has 0 N–H and O–H groups in total. The van der Waals surface area contributed by atoms with Crippen LogP contribution in [0.1, 0.15) is 0 Å². The third kappa shape index (κ3) is 3.14. The molecule has 0 bridgehead atoms. The number of nitrogens with zero attached hydrogens (tertiary/aromatic N) is 4. The quantitative estimate of drug-likeness (QED) is 0.209. The predicted molar refractivity (Wildman–Crippen MR) is 181 cm³/mol. The van der Waals surface area contributed by atoms with E-state index in [0.29, 0.717) is 0 Å². The van der Waals surface area contributed by atoms with E-state index >= 15 is 0 Å². The second-order valence-electron chi connectivity index (χ2n) is 11.0. The molecular weight excluding hydrogens is 545 g/mol. The SMILES string of the molecule is c1ccc2c(c1)sc1nc3cc(-n4c5ccccc5c5ccccc54)c(-n4c5ccccc5c5ccccc54)cc3nc12. The highest BCUT2D eigenvalue weighted by Crippen LogP contribution is 2.40. The Morgan fingerprint density at radius 3 is 1.30 bits per heavy atom. The molecule has 6 aromatic carbocycles. The maximum absolute atomic E-state index is 5.27. The van der Waals surface area contributed by atoms with E-state index in [1.807, 2.05) is 0 Å². The summed E-state index contributed by atoms with van der Waals surface area (Å²) in [6.07, 6.45) is 0. The van der Waals surface area contributed by atoms with E-state index in [4.69, 9.17) is 9.97 Å². The van der Waals surface area contributed by atoms with Crippen molar-refractivity contribution in [2.75, 3.05) is 0 Å². The molecule has 0 aliphatic rings. The van der Waals surface area contributed by atoms with Crippen LogP contribution >= 0.6 is 11.3 Å². The number of thiophene rings is 1. The molecule has 0 unspecified atom stereocenters. The molecule has 4 aromatic heterocycles. The van der Waals surface area contributed by atoms with Gasteiger partial charge in [0.1, 0.15) is 10.3 Å². The topological polar surface area (TPSA) is 35.6 Å². The van der Waals surface area contributed by atoms with Crippen LogP contribution in [-0.4, -0.2) is 19.1 Å². The van der Waals surface area contributed by atoms with Crippen molar-refractivity contribution in [2.24, 2.45) is 0 Å². The van der Waals surface area contributed by atoms with Crippen molar-refractivity contribution in [3.8, 4) is 11.4 Å². The highest BCUT2D eigenvalue weighted by Gasteiger charge is 2.21. The molecular formula is C38H22N4S. The van der Waals surface area contributed by atoms with E-state index in [-0.39, 0.29) is 0 Å². The minimum atomic E-state index is 0.887. The smallest absolute Gasteiger partial charge is 0.143 e. The van der Waals surface area contributed by atoms with E-state index in [1.165, 1.54) is 48.3 Å². The predicted octanol–water partition coefficient (Wildman–Crippen LogP) is 10.2. The van der Waals surface area contributed by atoms with Crippen molar-refractivity contribution >= 4 is 86.4 Å².